The summed E-state index contributed by atoms with van der Waals surface area (Å²) in [5.41, 5.74) is 9.57. The molecule has 0 saturated carbocycles. The number of carbonyl (C=O) groups is 1. The van der Waals surface area contributed by atoms with Gasteiger partial charge in [-0.2, -0.15) is 0 Å². The van der Waals surface area contributed by atoms with Gasteiger partial charge in [-0.3, -0.25) is 9.79 Å². The summed E-state index contributed by atoms with van der Waals surface area (Å²) in [5, 5.41) is 13.7. The SMILES string of the molecule is CC1CCC(CN(CCCC(=O)O)CCCC2CNCc3c2ccc(Cl)c3Cl)O1.Cc1ncnc(N)c1N=CC(C)C. The number of aryl methyl sites for hydroxylation is 1. The molecule has 3 unspecified atom stereocenters. The molecule has 3 atom stereocenters. The molecule has 0 bridgehead atoms. The van der Waals surface area contributed by atoms with Gasteiger partial charge in [-0.1, -0.05) is 43.1 Å². The summed E-state index contributed by atoms with van der Waals surface area (Å²) in [7, 11) is 0. The van der Waals surface area contributed by atoms with Gasteiger partial charge in [0.2, 0.25) is 0 Å². The number of ether oxygens (including phenoxy) is 1. The van der Waals surface area contributed by atoms with Gasteiger partial charge in [0, 0.05) is 32.3 Å². The number of nitrogens with one attached hydrogen (secondary N) is 1. The van der Waals surface area contributed by atoms with Crippen LogP contribution in [0, 0.1) is 12.8 Å². The number of rotatable bonds is 12. The number of benzene rings is 1. The topological polar surface area (TPSA) is 126 Å². The molecular weight excluding hydrogens is 575 g/mol. The Kier molecular flexibility index (Phi) is 13.9. The average Bonchev–Trinajstić information content (AvgIpc) is 3.35. The molecule has 1 aromatic heterocycles. The Hall–Kier alpha value is -2.30. The molecule has 1 fully saturated rings. The summed E-state index contributed by atoms with van der Waals surface area (Å²) in [4.78, 5) is 25.4. The van der Waals surface area contributed by atoms with Gasteiger partial charge in [-0.05, 0) is 88.1 Å². The lowest BCUT2D eigenvalue weighted by molar-refractivity contribution is -0.137. The monoisotopic (exact) mass is 620 g/mol. The minimum absolute atomic E-state index is 0.220. The van der Waals surface area contributed by atoms with Crippen LogP contribution < -0.4 is 11.1 Å². The first kappa shape index (κ1) is 34.2. The van der Waals surface area contributed by atoms with Gasteiger partial charge in [-0.15, -0.1) is 0 Å². The number of aromatic nitrogens is 2. The third-order valence-electron chi connectivity index (χ3n) is 7.57. The van der Waals surface area contributed by atoms with E-state index in [1.807, 2.05) is 19.2 Å². The van der Waals surface area contributed by atoms with Crippen LogP contribution in [0.2, 0.25) is 10.0 Å². The first-order chi connectivity index (χ1) is 20.0. The molecule has 232 valence electrons. The second kappa shape index (κ2) is 17.1. The van der Waals surface area contributed by atoms with Gasteiger partial charge in [-0.25, -0.2) is 9.97 Å². The third kappa shape index (κ3) is 10.8. The predicted molar refractivity (Wildman–Crippen MR) is 171 cm³/mol. The number of hydrogen-bond donors (Lipinski definition) is 3. The number of carboxylic acids is 1. The van der Waals surface area contributed by atoms with Crippen molar-refractivity contribution in [1.29, 1.82) is 0 Å². The lowest BCUT2D eigenvalue weighted by atomic mass is 9.87. The second-order valence-corrected chi connectivity index (χ2v) is 12.3. The van der Waals surface area contributed by atoms with E-state index in [4.69, 9.17) is 38.8 Å². The maximum Gasteiger partial charge on any atom is 0.303 e. The van der Waals surface area contributed by atoms with Crippen molar-refractivity contribution in [2.24, 2.45) is 10.9 Å². The fourth-order valence-electron chi connectivity index (χ4n) is 5.39. The number of hydrogen-bond acceptors (Lipinski definition) is 8. The van der Waals surface area contributed by atoms with Crippen molar-refractivity contribution in [1.82, 2.24) is 20.2 Å². The molecule has 0 aliphatic carbocycles. The van der Waals surface area contributed by atoms with Crippen LogP contribution in [0.5, 0.6) is 0 Å². The average molecular weight is 622 g/mol. The minimum atomic E-state index is -0.726. The van der Waals surface area contributed by atoms with Crippen LogP contribution in [0.4, 0.5) is 11.5 Å². The van der Waals surface area contributed by atoms with Crippen LogP contribution in [0.25, 0.3) is 0 Å². The minimum Gasteiger partial charge on any atom is -0.481 e. The Labute approximate surface area is 260 Å². The Morgan fingerprint density at radius 1 is 1.26 bits per heavy atom. The molecule has 3 heterocycles. The molecule has 2 aliphatic rings. The number of halogens is 2. The van der Waals surface area contributed by atoms with Crippen LogP contribution in [0.15, 0.2) is 23.5 Å². The number of nitrogens with zero attached hydrogens (tertiary/aromatic N) is 4. The van der Waals surface area contributed by atoms with Gasteiger partial charge >= 0.3 is 5.97 Å². The summed E-state index contributed by atoms with van der Waals surface area (Å²) < 4.78 is 5.99. The van der Waals surface area contributed by atoms with E-state index in [1.54, 1.807) is 0 Å². The Balaban J connectivity index is 0.000000312. The smallest absolute Gasteiger partial charge is 0.303 e. The van der Waals surface area contributed by atoms with Crippen LogP contribution in [0.3, 0.4) is 0 Å². The van der Waals surface area contributed by atoms with Gasteiger partial charge in [0.25, 0.3) is 0 Å². The van der Waals surface area contributed by atoms with E-state index in [9.17, 15) is 4.79 Å². The van der Waals surface area contributed by atoms with Crippen molar-refractivity contribution < 1.29 is 14.6 Å². The molecule has 4 N–H and O–H groups in total. The number of aliphatic carboxylic acids is 1. The molecule has 0 amide bonds. The number of nitrogen functional groups attached to an aromatic ring is 1. The lowest BCUT2D eigenvalue weighted by Gasteiger charge is -2.29. The molecular formula is C31H46Cl2N6O3. The maximum absolute atomic E-state index is 10.9. The molecule has 0 spiro atoms. The predicted octanol–water partition coefficient (Wildman–Crippen LogP) is 6.42. The molecule has 1 saturated heterocycles. The zero-order valence-electron chi connectivity index (χ0n) is 25.3. The van der Waals surface area contributed by atoms with Crippen LogP contribution in [-0.4, -0.2) is 70.5 Å². The lowest BCUT2D eigenvalue weighted by Crippen LogP contribution is -2.35. The highest BCUT2D eigenvalue weighted by atomic mass is 35.5. The van der Waals surface area contributed by atoms with Gasteiger partial charge < -0.3 is 25.8 Å². The largest absolute Gasteiger partial charge is 0.481 e. The quantitative estimate of drug-likeness (QED) is 0.232. The number of nitrogens with two attached hydrogens (primary N) is 1. The van der Waals surface area contributed by atoms with Crippen molar-refractivity contribution in [3.05, 3.63) is 45.3 Å². The van der Waals surface area contributed by atoms with E-state index in [1.165, 1.54) is 11.9 Å². The summed E-state index contributed by atoms with van der Waals surface area (Å²) in [6, 6.07) is 4.02. The standard InChI is InChI=1S/C22H32Cl2N2O3.C9H14N4/c1-15-6-7-17(29-15)14-26(11-3-5-21(27)28)10-2-4-16-12-25-13-19-18(16)8-9-20(23)22(19)24;1-6(2)4-11-8-7(3)12-5-13-9(8)10/h8-9,15-17,25H,2-7,10-14H2,1H3,(H,27,28);4-6H,1-3H3,(H2,10,12,13). The highest BCUT2D eigenvalue weighted by molar-refractivity contribution is 6.42. The fraction of sp³-hybridized carbons (Fsp3) is 0.613. The molecule has 11 heteroatoms. The number of fused-ring (bicyclic) bond motifs is 1. The maximum atomic E-state index is 10.9. The number of aliphatic imine (C=N–C) groups is 1. The summed E-state index contributed by atoms with van der Waals surface area (Å²) >= 11 is 12.6. The van der Waals surface area contributed by atoms with Crippen molar-refractivity contribution >= 4 is 46.9 Å². The summed E-state index contributed by atoms with van der Waals surface area (Å²) in [6.07, 6.45) is 9.11. The first-order valence-electron chi connectivity index (χ1n) is 14.9. The molecule has 2 aromatic rings. The second-order valence-electron chi connectivity index (χ2n) is 11.6. The van der Waals surface area contributed by atoms with E-state index >= 15 is 0 Å². The van der Waals surface area contributed by atoms with Gasteiger partial charge in [0.15, 0.2) is 5.82 Å². The molecule has 9 nitrogen and oxygen atoms in total. The van der Waals surface area contributed by atoms with Gasteiger partial charge in [0.05, 0.1) is 27.9 Å². The van der Waals surface area contributed by atoms with E-state index in [-0.39, 0.29) is 12.5 Å². The van der Waals surface area contributed by atoms with Gasteiger partial charge in [0.1, 0.15) is 12.0 Å². The Morgan fingerprint density at radius 2 is 2.02 bits per heavy atom. The summed E-state index contributed by atoms with van der Waals surface area (Å²) in [5.74, 6) is 0.539. The first-order valence-corrected chi connectivity index (χ1v) is 15.7. The third-order valence-corrected chi connectivity index (χ3v) is 8.42. The van der Waals surface area contributed by atoms with E-state index in [0.29, 0.717) is 45.9 Å². The van der Waals surface area contributed by atoms with E-state index < -0.39 is 5.97 Å². The van der Waals surface area contributed by atoms with Crippen molar-refractivity contribution in [2.75, 3.05) is 31.9 Å². The fourth-order valence-corrected chi connectivity index (χ4v) is 5.81. The molecule has 2 aliphatic heterocycles. The van der Waals surface area contributed by atoms with Crippen molar-refractivity contribution in [3.63, 3.8) is 0 Å². The number of carboxylic acid groups (broad SMARTS) is 1. The van der Waals surface area contributed by atoms with Crippen LogP contribution >= 0.6 is 23.2 Å². The van der Waals surface area contributed by atoms with Crippen LogP contribution in [-0.2, 0) is 16.1 Å². The van der Waals surface area contributed by atoms with E-state index in [2.05, 4.69) is 52.0 Å². The molecule has 42 heavy (non-hydrogen) atoms. The molecule has 0 radical (unpaired) electrons. The number of anilines is 1. The zero-order valence-corrected chi connectivity index (χ0v) is 26.8. The van der Waals surface area contributed by atoms with E-state index in [0.717, 1.165) is 69.7 Å². The Bertz CT molecular complexity index is 1180. The van der Waals surface area contributed by atoms with Crippen molar-refractivity contribution in [3.8, 4) is 0 Å². The zero-order chi connectivity index (χ0) is 30.6. The van der Waals surface area contributed by atoms with Crippen molar-refractivity contribution in [2.45, 2.75) is 90.9 Å². The summed E-state index contributed by atoms with van der Waals surface area (Å²) in [6.45, 7) is 12.5. The molecule has 4 rings (SSSR count). The highest BCUT2D eigenvalue weighted by Gasteiger charge is 2.25. The molecule has 1 aromatic carbocycles. The normalized spacial score (nSPS) is 20.1. The van der Waals surface area contributed by atoms with Crippen LogP contribution in [0.1, 0.15) is 82.0 Å². The highest BCUT2D eigenvalue weighted by Crippen LogP contribution is 2.36. The Morgan fingerprint density at radius 3 is 2.69 bits per heavy atom.